The third kappa shape index (κ3) is 3.58. The first-order valence-corrected chi connectivity index (χ1v) is 6.85. The summed E-state index contributed by atoms with van der Waals surface area (Å²) in [5.41, 5.74) is 0.528. The average molecular weight is 266 g/mol. The lowest BCUT2D eigenvalue weighted by Gasteiger charge is -2.23. The van der Waals surface area contributed by atoms with Crippen LogP contribution in [0.5, 0.6) is 0 Å². The van der Waals surface area contributed by atoms with Gasteiger partial charge in [0.15, 0.2) is 0 Å². The second-order valence-electron chi connectivity index (χ2n) is 4.87. The lowest BCUT2D eigenvalue weighted by atomic mass is 10.2. The molecule has 1 atom stereocenters. The number of hydrogen-bond donors (Lipinski definition) is 1. The molecule has 0 radical (unpaired) electrons. The van der Waals surface area contributed by atoms with Crippen molar-refractivity contribution in [2.75, 3.05) is 26.7 Å². The van der Waals surface area contributed by atoms with E-state index in [-0.39, 0.29) is 5.97 Å². The van der Waals surface area contributed by atoms with Crippen LogP contribution >= 0.6 is 0 Å². The molecule has 106 valence electrons. The molecule has 1 aromatic rings. The van der Waals surface area contributed by atoms with Crippen LogP contribution in [0.25, 0.3) is 0 Å². The summed E-state index contributed by atoms with van der Waals surface area (Å²) in [5, 5.41) is 3.49. The number of hydrogen-bond acceptors (Lipinski definition) is 5. The largest absolute Gasteiger partial charge is 0.467 e. The van der Waals surface area contributed by atoms with Crippen molar-refractivity contribution in [3.8, 4) is 0 Å². The Kier molecular flexibility index (Phi) is 4.99. The predicted octanol–water partition coefficient (Wildman–Crippen LogP) is 1.64. The quantitative estimate of drug-likeness (QED) is 0.793. The van der Waals surface area contributed by atoms with Crippen molar-refractivity contribution in [1.29, 1.82) is 0 Å². The summed E-state index contributed by atoms with van der Waals surface area (Å²) < 4.78 is 10.2. The maximum Gasteiger partial charge on any atom is 0.341 e. The molecule has 0 aromatic carbocycles. The summed E-state index contributed by atoms with van der Waals surface area (Å²) in [4.78, 5) is 13.9. The third-order valence-corrected chi connectivity index (χ3v) is 3.61. The van der Waals surface area contributed by atoms with E-state index in [4.69, 9.17) is 9.15 Å². The maximum absolute atomic E-state index is 11.6. The summed E-state index contributed by atoms with van der Waals surface area (Å²) in [6.45, 7) is 5.79. The highest BCUT2D eigenvalue weighted by Gasteiger charge is 2.21. The number of nitrogens with zero attached hydrogens (tertiary/aromatic N) is 1. The minimum atomic E-state index is -0.334. The smallest absolute Gasteiger partial charge is 0.341 e. The monoisotopic (exact) mass is 266 g/mol. The Balaban J connectivity index is 1.97. The predicted molar refractivity (Wildman–Crippen MR) is 72.0 cm³/mol. The van der Waals surface area contributed by atoms with Gasteiger partial charge in [-0.15, -0.1) is 0 Å². The van der Waals surface area contributed by atoms with E-state index in [1.54, 1.807) is 12.3 Å². The van der Waals surface area contributed by atoms with E-state index < -0.39 is 0 Å². The molecular weight excluding hydrogens is 244 g/mol. The van der Waals surface area contributed by atoms with Crippen molar-refractivity contribution < 1.29 is 13.9 Å². The fraction of sp³-hybridized carbons (Fsp3) is 0.643. The molecule has 1 aliphatic rings. The van der Waals surface area contributed by atoms with Crippen LogP contribution in [0.1, 0.15) is 35.9 Å². The summed E-state index contributed by atoms with van der Waals surface area (Å²) in [6.07, 6.45) is 4.01. The highest BCUT2D eigenvalue weighted by atomic mass is 16.5. The number of esters is 1. The molecule has 2 heterocycles. The van der Waals surface area contributed by atoms with E-state index in [0.29, 0.717) is 23.9 Å². The molecule has 1 saturated heterocycles. The first kappa shape index (κ1) is 14.1. The Bertz CT molecular complexity index is 411. The first-order valence-electron chi connectivity index (χ1n) is 6.85. The number of furan rings is 1. The Morgan fingerprint density at radius 2 is 2.47 bits per heavy atom. The van der Waals surface area contributed by atoms with Gasteiger partial charge >= 0.3 is 5.97 Å². The van der Waals surface area contributed by atoms with Gasteiger partial charge in [-0.3, -0.25) is 4.90 Å². The topological polar surface area (TPSA) is 54.7 Å². The molecule has 5 nitrogen and oxygen atoms in total. The van der Waals surface area contributed by atoms with Crippen LogP contribution in [0, 0.1) is 0 Å². The van der Waals surface area contributed by atoms with E-state index in [1.165, 1.54) is 20.0 Å². The van der Waals surface area contributed by atoms with E-state index in [0.717, 1.165) is 19.6 Å². The van der Waals surface area contributed by atoms with Gasteiger partial charge in [0.25, 0.3) is 0 Å². The Morgan fingerprint density at radius 3 is 3.11 bits per heavy atom. The van der Waals surface area contributed by atoms with Gasteiger partial charge < -0.3 is 14.5 Å². The number of rotatable bonds is 6. The molecule has 0 saturated carbocycles. The third-order valence-electron chi connectivity index (χ3n) is 3.61. The van der Waals surface area contributed by atoms with Crippen LogP contribution < -0.4 is 5.32 Å². The summed E-state index contributed by atoms with van der Waals surface area (Å²) in [7, 11) is 1.39. The van der Waals surface area contributed by atoms with Crippen LogP contribution in [-0.4, -0.2) is 43.7 Å². The summed E-state index contributed by atoms with van der Waals surface area (Å²) in [6, 6.07) is 2.22. The van der Waals surface area contributed by atoms with Gasteiger partial charge in [-0.2, -0.15) is 0 Å². The molecule has 1 N–H and O–H groups in total. The van der Waals surface area contributed by atoms with Gasteiger partial charge in [-0.25, -0.2) is 4.79 Å². The fourth-order valence-corrected chi connectivity index (χ4v) is 2.49. The van der Waals surface area contributed by atoms with E-state index in [9.17, 15) is 4.79 Å². The normalized spacial score (nSPS) is 19.0. The highest BCUT2D eigenvalue weighted by Crippen LogP contribution is 2.16. The molecule has 1 aliphatic heterocycles. The molecule has 0 aliphatic carbocycles. The molecule has 5 heteroatoms. The standard InChI is InChI=1S/C14H22N2O3/c1-3-16(9-11-5-4-7-15-11)10-13-12(6-8-19-13)14(17)18-2/h6,8,11,15H,3-5,7,9-10H2,1-2H3. The maximum atomic E-state index is 11.6. The molecule has 19 heavy (non-hydrogen) atoms. The molecule has 1 unspecified atom stereocenters. The molecule has 0 bridgehead atoms. The zero-order chi connectivity index (χ0) is 13.7. The Morgan fingerprint density at radius 1 is 1.63 bits per heavy atom. The van der Waals surface area contributed by atoms with Gasteiger partial charge in [0.1, 0.15) is 11.3 Å². The molecule has 0 spiro atoms. The Hall–Kier alpha value is -1.33. The van der Waals surface area contributed by atoms with Crippen LogP contribution in [0.3, 0.4) is 0 Å². The van der Waals surface area contributed by atoms with Crippen molar-refractivity contribution in [1.82, 2.24) is 10.2 Å². The lowest BCUT2D eigenvalue weighted by Crippen LogP contribution is -2.37. The fourth-order valence-electron chi connectivity index (χ4n) is 2.49. The second-order valence-corrected chi connectivity index (χ2v) is 4.87. The van der Waals surface area contributed by atoms with E-state index in [2.05, 4.69) is 17.1 Å². The van der Waals surface area contributed by atoms with Crippen molar-refractivity contribution in [3.63, 3.8) is 0 Å². The van der Waals surface area contributed by atoms with Gasteiger partial charge in [-0.05, 0) is 32.0 Å². The SMILES string of the molecule is CCN(Cc1occc1C(=O)OC)CC1CCCN1. The molecule has 1 fully saturated rings. The second kappa shape index (κ2) is 6.73. The Labute approximate surface area is 113 Å². The van der Waals surface area contributed by atoms with Crippen LogP contribution in [-0.2, 0) is 11.3 Å². The number of nitrogens with one attached hydrogen (secondary N) is 1. The lowest BCUT2D eigenvalue weighted by molar-refractivity contribution is 0.0596. The summed E-state index contributed by atoms with van der Waals surface area (Å²) in [5.74, 6) is 0.352. The minimum Gasteiger partial charge on any atom is -0.467 e. The average Bonchev–Trinajstić information content (AvgIpc) is 3.08. The van der Waals surface area contributed by atoms with Gasteiger partial charge in [0.05, 0.1) is 19.9 Å². The minimum absolute atomic E-state index is 0.334. The number of carbonyl (C=O) groups excluding carboxylic acids is 1. The zero-order valence-electron chi connectivity index (χ0n) is 11.6. The summed E-state index contributed by atoms with van der Waals surface area (Å²) >= 11 is 0. The highest BCUT2D eigenvalue weighted by molar-refractivity contribution is 5.90. The molecule has 2 rings (SSSR count). The van der Waals surface area contributed by atoms with Gasteiger partial charge in [0.2, 0.25) is 0 Å². The van der Waals surface area contributed by atoms with Crippen LogP contribution in [0.2, 0.25) is 0 Å². The first-order chi connectivity index (χ1) is 9.24. The van der Waals surface area contributed by atoms with Crippen molar-refractivity contribution in [3.05, 3.63) is 23.7 Å². The van der Waals surface area contributed by atoms with Crippen LogP contribution in [0.15, 0.2) is 16.7 Å². The number of ether oxygens (including phenoxy) is 1. The number of methoxy groups -OCH3 is 1. The van der Waals surface area contributed by atoms with Crippen molar-refractivity contribution in [2.45, 2.75) is 32.4 Å². The van der Waals surface area contributed by atoms with E-state index >= 15 is 0 Å². The number of likely N-dealkylation sites (N-methyl/N-ethyl adjacent to an activating group) is 1. The van der Waals surface area contributed by atoms with Gasteiger partial charge in [0, 0.05) is 12.6 Å². The molecular formula is C14H22N2O3. The van der Waals surface area contributed by atoms with Crippen molar-refractivity contribution >= 4 is 5.97 Å². The number of carbonyl (C=O) groups is 1. The zero-order valence-corrected chi connectivity index (χ0v) is 11.6. The van der Waals surface area contributed by atoms with E-state index in [1.807, 2.05) is 0 Å². The molecule has 0 amide bonds. The van der Waals surface area contributed by atoms with Crippen molar-refractivity contribution in [2.24, 2.45) is 0 Å². The molecule has 1 aromatic heterocycles. The van der Waals surface area contributed by atoms with Crippen LogP contribution in [0.4, 0.5) is 0 Å². The van der Waals surface area contributed by atoms with Gasteiger partial charge in [-0.1, -0.05) is 6.92 Å².